The lowest BCUT2D eigenvalue weighted by Crippen LogP contribution is -2.46. The summed E-state index contributed by atoms with van der Waals surface area (Å²) in [6, 6.07) is 0.293. The zero-order chi connectivity index (χ0) is 17.2. The molecule has 2 N–H and O–H groups in total. The van der Waals surface area contributed by atoms with E-state index in [-0.39, 0.29) is 35.8 Å². The molecule has 0 aromatic carbocycles. The molecule has 1 saturated heterocycles. The van der Waals surface area contributed by atoms with Crippen molar-refractivity contribution in [3.05, 3.63) is 0 Å². The van der Waals surface area contributed by atoms with Crippen LogP contribution in [0.2, 0.25) is 0 Å². The first-order valence-electron chi connectivity index (χ1n) is 8.92. The van der Waals surface area contributed by atoms with Crippen LogP contribution in [0.15, 0.2) is 4.99 Å². The summed E-state index contributed by atoms with van der Waals surface area (Å²) in [5, 5.41) is 6.80. The first kappa shape index (κ1) is 23.4. The number of halogens is 1. The van der Waals surface area contributed by atoms with Crippen LogP contribution in [0.3, 0.4) is 0 Å². The largest absolute Gasteiger partial charge is 0.355 e. The van der Waals surface area contributed by atoms with Crippen molar-refractivity contribution in [1.82, 2.24) is 20.4 Å². The Morgan fingerprint density at radius 2 is 2.08 bits per heavy atom. The topological polar surface area (TPSA) is 60.0 Å². The zero-order valence-electron chi connectivity index (χ0n) is 16.0. The van der Waals surface area contributed by atoms with Crippen molar-refractivity contribution in [1.29, 1.82) is 0 Å². The minimum absolute atomic E-state index is 0. The molecule has 1 aliphatic rings. The highest BCUT2D eigenvalue weighted by Crippen LogP contribution is 2.12. The average molecular weight is 453 g/mol. The summed E-state index contributed by atoms with van der Waals surface area (Å²) in [7, 11) is 3.95. The average Bonchev–Trinajstić information content (AvgIpc) is 2.99. The lowest BCUT2D eigenvalue weighted by Gasteiger charge is -2.21. The van der Waals surface area contributed by atoms with Gasteiger partial charge >= 0.3 is 0 Å². The van der Waals surface area contributed by atoms with Crippen LogP contribution in [0.5, 0.6) is 0 Å². The molecule has 1 aliphatic heterocycles. The normalized spacial score (nSPS) is 18.0. The Balaban J connectivity index is 0.00000529. The molecule has 0 aliphatic carbocycles. The van der Waals surface area contributed by atoms with Crippen molar-refractivity contribution < 1.29 is 4.79 Å². The Bertz CT molecular complexity index is 389. The number of rotatable bonds is 8. The molecule has 0 radical (unpaired) electrons. The Hall–Kier alpha value is -0.570. The summed E-state index contributed by atoms with van der Waals surface area (Å²) >= 11 is 0. The molecule has 1 atom stereocenters. The maximum atomic E-state index is 12.0. The smallest absolute Gasteiger partial charge is 0.225 e. The predicted octanol–water partition coefficient (Wildman–Crippen LogP) is 1.76. The third-order valence-corrected chi connectivity index (χ3v) is 4.24. The number of aliphatic imine (C=N–C) groups is 1. The molecular weight excluding hydrogens is 417 g/mol. The molecule has 0 saturated carbocycles. The van der Waals surface area contributed by atoms with E-state index in [9.17, 15) is 4.79 Å². The van der Waals surface area contributed by atoms with Gasteiger partial charge in [0.25, 0.3) is 0 Å². The van der Waals surface area contributed by atoms with Crippen LogP contribution < -0.4 is 10.6 Å². The van der Waals surface area contributed by atoms with Crippen molar-refractivity contribution in [2.24, 2.45) is 10.9 Å². The van der Waals surface area contributed by atoms with Gasteiger partial charge in [-0.25, -0.2) is 0 Å². The summed E-state index contributed by atoms with van der Waals surface area (Å²) in [6.07, 6.45) is 3.45. The van der Waals surface area contributed by atoms with Crippen LogP contribution >= 0.6 is 24.0 Å². The highest BCUT2D eigenvalue weighted by atomic mass is 127. The van der Waals surface area contributed by atoms with Gasteiger partial charge in [0.15, 0.2) is 5.96 Å². The van der Waals surface area contributed by atoms with Gasteiger partial charge in [0, 0.05) is 45.2 Å². The summed E-state index contributed by atoms with van der Waals surface area (Å²) in [5.74, 6) is 1.15. The number of likely N-dealkylation sites (N-methyl/N-ethyl adjacent to an activating group) is 1. The number of guanidine groups is 1. The van der Waals surface area contributed by atoms with Gasteiger partial charge in [0.05, 0.1) is 0 Å². The minimum Gasteiger partial charge on any atom is -0.355 e. The third kappa shape index (κ3) is 8.50. The fourth-order valence-corrected chi connectivity index (χ4v) is 2.74. The number of amides is 1. The van der Waals surface area contributed by atoms with Crippen LogP contribution in [0.25, 0.3) is 0 Å². The first-order valence-corrected chi connectivity index (χ1v) is 8.92. The van der Waals surface area contributed by atoms with Gasteiger partial charge in [-0.3, -0.25) is 9.79 Å². The second kappa shape index (κ2) is 12.7. The van der Waals surface area contributed by atoms with E-state index in [1.807, 2.05) is 18.7 Å². The van der Waals surface area contributed by atoms with Crippen LogP contribution in [0.1, 0.15) is 40.0 Å². The number of hydrogen-bond donors (Lipinski definition) is 2. The van der Waals surface area contributed by atoms with Crippen LogP contribution in [0.4, 0.5) is 0 Å². The van der Waals surface area contributed by atoms with Crippen molar-refractivity contribution in [2.45, 2.75) is 46.1 Å². The van der Waals surface area contributed by atoms with E-state index in [0.29, 0.717) is 6.04 Å². The summed E-state index contributed by atoms with van der Waals surface area (Å²) < 4.78 is 0. The van der Waals surface area contributed by atoms with E-state index in [2.05, 4.69) is 34.5 Å². The highest BCUT2D eigenvalue weighted by Gasteiger charge is 2.27. The molecule has 0 spiro atoms. The predicted molar refractivity (Wildman–Crippen MR) is 112 cm³/mol. The summed E-state index contributed by atoms with van der Waals surface area (Å²) in [4.78, 5) is 20.6. The number of carbonyl (C=O) groups is 1. The van der Waals surface area contributed by atoms with E-state index in [1.165, 1.54) is 12.8 Å². The number of nitrogens with zero attached hydrogens (tertiary/aromatic N) is 3. The minimum atomic E-state index is 0. The lowest BCUT2D eigenvalue weighted by atomic mass is 10.2. The molecule has 1 amide bonds. The standard InChI is InChI=1S/C17H35N5O.HI/c1-6-7-10-21(5)12-9-19-17(18-4)20-15-8-11-22(13-15)16(23)14(2)3;/h14-15H,6-13H2,1-5H3,(H2,18,19,20);1H. The van der Waals surface area contributed by atoms with E-state index in [1.54, 1.807) is 7.05 Å². The maximum absolute atomic E-state index is 12.0. The molecule has 7 heteroatoms. The second-order valence-electron chi connectivity index (χ2n) is 6.72. The second-order valence-corrected chi connectivity index (χ2v) is 6.72. The molecule has 1 rings (SSSR count). The molecule has 6 nitrogen and oxygen atoms in total. The third-order valence-electron chi connectivity index (χ3n) is 4.24. The SMILES string of the molecule is CCCCN(C)CCNC(=NC)NC1CCN(C(=O)C(C)C)C1.I. The van der Waals surface area contributed by atoms with Gasteiger partial charge in [-0.2, -0.15) is 0 Å². The van der Waals surface area contributed by atoms with Crippen LogP contribution in [-0.2, 0) is 4.79 Å². The summed E-state index contributed by atoms with van der Waals surface area (Å²) in [5.41, 5.74) is 0. The van der Waals surface area contributed by atoms with E-state index < -0.39 is 0 Å². The van der Waals surface area contributed by atoms with Crippen molar-refractivity contribution in [3.8, 4) is 0 Å². The van der Waals surface area contributed by atoms with E-state index >= 15 is 0 Å². The first-order chi connectivity index (χ1) is 11.0. The number of nitrogens with one attached hydrogen (secondary N) is 2. The molecule has 0 aromatic rings. The number of likely N-dealkylation sites (tertiary alicyclic amines) is 1. The molecule has 24 heavy (non-hydrogen) atoms. The zero-order valence-corrected chi connectivity index (χ0v) is 18.3. The van der Waals surface area contributed by atoms with Gasteiger partial charge < -0.3 is 20.4 Å². The lowest BCUT2D eigenvalue weighted by molar-refractivity contribution is -0.133. The Morgan fingerprint density at radius 1 is 1.38 bits per heavy atom. The highest BCUT2D eigenvalue weighted by molar-refractivity contribution is 14.0. The van der Waals surface area contributed by atoms with Crippen molar-refractivity contribution in [3.63, 3.8) is 0 Å². The molecule has 0 bridgehead atoms. The molecule has 1 fully saturated rings. The number of hydrogen-bond acceptors (Lipinski definition) is 3. The van der Waals surface area contributed by atoms with Gasteiger partial charge in [-0.05, 0) is 26.4 Å². The van der Waals surface area contributed by atoms with E-state index in [4.69, 9.17) is 0 Å². The fourth-order valence-electron chi connectivity index (χ4n) is 2.74. The quantitative estimate of drug-likeness (QED) is 0.334. The van der Waals surface area contributed by atoms with Crippen LogP contribution in [0, 0.1) is 5.92 Å². The van der Waals surface area contributed by atoms with Gasteiger partial charge in [0.2, 0.25) is 5.91 Å². The van der Waals surface area contributed by atoms with E-state index in [0.717, 1.165) is 45.1 Å². The van der Waals surface area contributed by atoms with Crippen molar-refractivity contribution in [2.75, 3.05) is 46.8 Å². The van der Waals surface area contributed by atoms with Crippen molar-refractivity contribution >= 4 is 35.8 Å². The fraction of sp³-hybridized carbons (Fsp3) is 0.882. The molecular formula is C17H36IN5O. The van der Waals surface area contributed by atoms with Gasteiger partial charge in [0.1, 0.15) is 0 Å². The maximum Gasteiger partial charge on any atom is 0.225 e. The Kier molecular flexibility index (Phi) is 12.4. The Morgan fingerprint density at radius 3 is 2.67 bits per heavy atom. The number of unbranched alkanes of at least 4 members (excludes halogenated alkanes) is 1. The summed E-state index contributed by atoms with van der Waals surface area (Å²) in [6.45, 7) is 10.8. The molecule has 0 aromatic heterocycles. The van der Waals surface area contributed by atoms with Crippen LogP contribution in [-0.4, -0.2) is 74.5 Å². The number of carbonyl (C=O) groups excluding carboxylic acids is 1. The monoisotopic (exact) mass is 453 g/mol. The molecule has 142 valence electrons. The molecule has 1 unspecified atom stereocenters. The van der Waals surface area contributed by atoms with Gasteiger partial charge in [-0.1, -0.05) is 27.2 Å². The Labute approximate surface area is 164 Å². The van der Waals surface area contributed by atoms with Gasteiger partial charge in [-0.15, -0.1) is 24.0 Å². The molecule has 1 heterocycles.